The van der Waals surface area contributed by atoms with Gasteiger partial charge in [-0.2, -0.15) is 10.4 Å². The normalized spacial score (nSPS) is 11.1. The van der Waals surface area contributed by atoms with Crippen LogP contribution in [-0.4, -0.2) is 23.8 Å². The molecule has 0 unspecified atom stereocenters. The first-order valence-corrected chi connectivity index (χ1v) is 9.73. The number of thiazole rings is 1. The van der Waals surface area contributed by atoms with Crippen LogP contribution in [0.5, 0.6) is 0 Å². The van der Waals surface area contributed by atoms with E-state index in [9.17, 15) is 5.26 Å². The molecule has 3 aromatic rings. The Labute approximate surface area is 163 Å². The molecule has 3 rings (SSSR count). The molecule has 0 aliphatic rings. The van der Waals surface area contributed by atoms with Crippen molar-refractivity contribution >= 4 is 28.4 Å². The second-order valence-electron chi connectivity index (χ2n) is 5.81. The van der Waals surface area contributed by atoms with Crippen molar-refractivity contribution in [3.05, 3.63) is 65.0 Å². The van der Waals surface area contributed by atoms with Gasteiger partial charge in [0.15, 0.2) is 10.7 Å². The monoisotopic (exact) mass is 375 g/mol. The van der Waals surface area contributed by atoms with Crippen LogP contribution in [0.1, 0.15) is 18.9 Å². The van der Waals surface area contributed by atoms with E-state index in [0.717, 1.165) is 30.0 Å². The van der Waals surface area contributed by atoms with Crippen LogP contribution in [0.2, 0.25) is 0 Å². The summed E-state index contributed by atoms with van der Waals surface area (Å²) in [5, 5.41) is 16.2. The van der Waals surface area contributed by atoms with Crippen LogP contribution in [0.3, 0.4) is 0 Å². The fourth-order valence-corrected chi connectivity index (χ4v) is 3.47. The molecule has 0 spiro atoms. The first-order chi connectivity index (χ1) is 13.2. The molecule has 1 N–H and O–H groups in total. The van der Waals surface area contributed by atoms with E-state index in [2.05, 4.69) is 40.3 Å². The summed E-state index contributed by atoms with van der Waals surface area (Å²) >= 11 is 1.41. The number of hydrazone groups is 1. The van der Waals surface area contributed by atoms with Crippen molar-refractivity contribution in [2.45, 2.75) is 13.8 Å². The number of nitrogens with one attached hydrogen (secondary N) is 1. The Morgan fingerprint density at radius 3 is 2.44 bits per heavy atom. The van der Waals surface area contributed by atoms with Gasteiger partial charge in [0.2, 0.25) is 0 Å². The number of nitrogens with zero attached hydrogens (tertiary/aromatic N) is 4. The number of anilines is 2. The molecular formula is C21H21N5S. The Bertz CT molecular complexity index is 935. The number of aromatic nitrogens is 1. The standard InChI is InChI=1S/C21H21N5S/c1-3-26(4-2)18-12-10-17(11-13-18)24-25-19(14-22)21-23-20(15-27-21)16-8-6-5-7-9-16/h5-13,15,24H,3-4H2,1-2H3. The van der Waals surface area contributed by atoms with E-state index in [1.807, 2.05) is 60.0 Å². The lowest BCUT2D eigenvalue weighted by atomic mass is 10.2. The summed E-state index contributed by atoms with van der Waals surface area (Å²) in [4.78, 5) is 6.81. The minimum Gasteiger partial charge on any atom is -0.372 e. The van der Waals surface area contributed by atoms with Crippen molar-refractivity contribution < 1.29 is 0 Å². The van der Waals surface area contributed by atoms with E-state index in [-0.39, 0.29) is 5.71 Å². The lowest BCUT2D eigenvalue weighted by Crippen LogP contribution is -2.21. The Kier molecular flexibility index (Phi) is 6.18. The van der Waals surface area contributed by atoms with Crippen LogP contribution < -0.4 is 10.3 Å². The number of hydrogen-bond donors (Lipinski definition) is 1. The molecule has 0 radical (unpaired) electrons. The highest BCUT2D eigenvalue weighted by molar-refractivity contribution is 7.12. The molecular weight excluding hydrogens is 354 g/mol. The third kappa shape index (κ3) is 4.52. The van der Waals surface area contributed by atoms with Crippen LogP contribution in [0, 0.1) is 11.3 Å². The topological polar surface area (TPSA) is 64.3 Å². The molecule has 0 fully saturated rings. The van der Waals surface area contributed by atoms with Crippen molar-refractivity contribution in [1.82, 2.24) is 4.98 Å². The van der Waals surface area contributed by atoms with Crippen LogP contribution in [0.25, 0.3) is 11.3 Å². The van der Waals surface area contributed by atoms with Gasteiger partial charge in [-0.3, -0.25) is 5.43 Å². The van der Waals surface area contributed by atoms with Gasteiger partial charge in [-0.05, 0) is 38.1 Å². The molecule has 0 saturated carbocycles. The molecule has 2 aromatic carbocycles. The maximum Gasteiger partial charge on any atom is 0.196 e. The first kappa shape index (κ1) is 18.6. The Balaban J connectivity index is 1.74. The van der Waals surface area contributed by atoms with Crippen LogP contribution in [0.4, 0.5) is 11.4 Å². The highest BCUT2D eigenvalue weighted by Crippen LogP contribution is 2.22. The van der Waals surface area contributed by atoms with Crippen LogP contribution in [0.15, 0.2) is 65.1 Å². The van der Waals surface area contributed by atoms with E-state index >= 15 is 0 Å². The van der Waals surface area contributed by atoms with Gasteiger partial charge in [-0.1, -0.05) is 30.3 Å². The molecule has 0 atom stereocenters. The molecule has 27 heavy (non-hydrogen) atoms. The van der Waals surface area contributed by atoms with Crippen molar-refractivity contribution in [2.24, 2.45) is 5.10 Å². The molecule has 0 aliphatic carbocycles. The lowest BCUT2D eigenvalue weighted by molar-refractivity contribution is 0.866. The highest BCUT2D eigenvalue weighted by atomic mass is 32.1. The van der Waals surface area contributed by atoms with Crippen molar-refractivity contribution in [3.63, 3.8) is 0 Å². The minimum absolute atomic E-state index is 0.273. The largest absolute Gasteiger partial charge is 0.372 e. The van der Waals surface area contributed by atoms with Crippen LogP contribution >= 0.6 is 11.3 Å². The maximum absolute atomic E-state index is 9.46. The zero-order valence-corrected chi connectivity index (χ0v) is 16.2. The van der Waals surface area contributed by atoms with Gasteiger partial charge in [0, 0.05) is 29.7 Å². The predicted molar refractivity (Wildman–Crippen MR) is 113 cm³/mol. The Morgan fingerprint density at radius 2 is 1.81 bits per heavy atom. The number of nitriles is 1. The third-order valence-electron chi connectivity index (χ3n) is 4.17. The van der Waals surface area contributed by atoms with Crippen molar-refractivity contribution in [1.29, 1.82) is 5.26 Å². The highest BCUT2D eigenvalue weighted by Gasteiger charge is 2.10. The summed E-state index contributed by atoms with van der Waals surface area (Å²) in [6.07, 6.45) is 0. The molecule has 6 heteroatoms. The lowest BCUT2D eigenvalue weighted by Gasteiger charge is -2.21. The maximum atomic E-state index is 9.46. The summed E-state index contributed by atoms with van der Waals surface area (Å²) in [5.74, 6) is 0. The Morgan fingerprint density at radius 1 is 1.11 bits per heavy atom. The predicted octanol–water partition coefficient (Wildman–Crippen LogP) is 5.00. The van der Waals surface area contributed by atoms with Gasteiger partial charge in [-0.25, -0.2) is 4.98 Å². The molecule has 136 valence electrons. The third-order valence-corrected chi connectivity index (χ3v) is 5.02. The number of rotatable bonds is 7. The van der Waals surface area contributed by atoms with E-state index in [1.165, 1.54) is 17.0 Å². The average Bonchev–Trinajstić information content (AvgIpc) is 3.21. The molecule has 5 nitrogen and oxygen atoms in total. The molecule has 1 heterocycles. The zero-order valence-electron chi connectivity index (χ0n) is 15.4. The van der Waals surface area contributed by atoms with Gasteiger partial charge in [0.25, 0.3) is 0 Å². The molecule has 0 aliphatic heterocycles. The summed E-state index contributed by atoms with van der Waals surface area (Å²) < 4.78 is 0. The number of benzene rings is 2. The van der Waals surface area contributed by atoms with Crippen molar-refractivity contribution in [3.8, 4) is 17.3 Å². The van der Waals surface area contributed by atoms with Gasteiger partial charge in [0.1, 0.15) is 6.07 Å². The van der Waals surface area contributed by atoms with E-state index in [4.69, 9.17) is 0 Å². The van der Waals surface area contributed by atoms with Gasteiger partial charge in [-0.15, -0.1) is 11.3 Å². The summed E-state index contributed by atoms with van der Waals surface area (Å²) in [7, 11) is 0. The number of hydrogen-bond acceptors (Lipinski definition) is 6. The summed E-state index contributed by atoms with van der Waals surface area (Å²) in [5.41, 5.74) is 7.11. The summed E-state index contributed by atoms with van der Waals surface area (Å²) in [6, 6.07) is 20.1. The fraction of sp³-hybridized carbons (Fsp3) is 0.190. The Hall–Kier alpha value is -3.17. The summed E-state index contributed by atoms with van der Waals surface area (Å²) in [6.45, 7) is 6.20. The second-order valence-corrected chi connectivity index (χ2v) is 6.67. The SMILES string of the molecule is CCN(CC)c1ccc(NN=C(C#N)c2nc(-c3ccccc3)cs2)cc1. The quantitative estimate of drug-likeness (QED) is 0.466. The van der Waals surface area contributed by atoms with E-state index in [0.29, 0.717) is 5.01 Å². The zero-order chi connectivity index (χ0) is 19.1. The van der Waals surface area contributed by atoms with Gasteiger partial charge >= 0.3 is 0 Å². The molecule has 1 aromatic heterocycles. The fourth-order valence-electron chi connectivity index (χ4n) is 2.70. The average molecular weight is 376 g/mol. The van der Waals surface area contributed by atoms with Crippen molar-refractivity contribution in [2.75, 3.05) is 23.4 Å². The minimum atomic E-state index is 0.273. The smallest absolute Gasteiger partial charge is 0.196 e. The molecule has 0 amide bonds. The second kappa shape index (κ2) is 8.97. The van der Waals surface area contributed by atoms with Gasteiger partial charge in [0.05, 0.1) is 11.4 Å². The van der Waals surface area contributed by atoms with E-state index in [1.54, 1.807) is 0 Å². The van der Waals surface area contributed by atoms with Gasteiger partial charge < -0.3 is 4.90 Å². The van der Waals surface area contributed by atoms with E-state index < -0.39 is 0 Å². The molecule has 0 bridgehead atoms. The first-order valence-electron chi connectivity index (χ1n) is 8.85. The van der Waals surface area contributed by atoms with Crippen LogP contribution in [-0.2, 0) is 0 Å². The molecule has 0 saturated heterocycles.